The van der Waals surface area contributed by atoms with Gasteiger partial charge in [-0.2, -0.15) is 0 Å². The van der Waals surface area contributed by atoms with Crippen LogP contribution in [0.15, 0.2) is 36.4 Å². The number of rotatable bonds is 5. The maximum absolute atomic E-state index is 13.2. The predicted octanol–water partition coefficient (Wildman–Crippen LogP) is 4.09. The van der Waals surface area contributed by atoms with Crippen molar-refractivity contribution in [3.05, 3.63) is 63.9 Å². The van der Waals surface area contributed by atoms with Gasteiger partial charge in [-0.15, -0.1) is 0 Å². The summed E-state index contributed by atoms with van der Waals surface area (Å²) < 4.78 is 19.0. The average Bonchev–Trinajstić information content (AvgIpc) is 2.40. The molecular weight excluding hydrogens is 277 g/mol. The van der Waals surface area contributed by atoms with E-state index in [4.69, 9.17) is 16.3 Å². The van der Waals surface area contributed by atoms with Gasteiger partial charge in [-0.25, -0.2) is 4.39 Å². The van der Waals surface area contributed by atoms with Crippen molar-refractivity contribution in [1.29, 1.82) is 0 Å². The Balaban J connectivity index is 2.14. The van der Waals surface area contributed by atoms with Gasteiger partial charge in [0.05, 0.1) is 0 Å². The number of hydrogen-bond donors (Lipinski definition) is 1. The van der Waals surface area contributed by atoms with Crippen LogP contribution in [0, 0.1) is 12.7 Å². The van der Waals surface area contributed by atoms with E-state index in [1.165, 1.54) is 12.1 Å². The van der Waals surface area contributed by atoms with Gasteiger partial charge in [-0.1, -0.05) is 23.7 Å². The van der Waals surface area contributed by atoms with Crippen LogP contribution >= 0.6 is 11.6 Å². The molecule has 20 heavy (non-hydrogen) atoms. The molecule has 0 saturated heterocycles. The minimum absolute atomic E-state index is 0.268. The van der Waals surface area contributed by atoms with Gasteiger partial charge in [-0.3, -0.25) is 0 Å². The summed E-state index contributed by atoms with van der Waals surface area (Å²) in [6.07, 6.45) is 0. The van der Waals surface area contributed by atoms with Crippen molar-refractivity contribution in [3.8, 4) is 5.75 Å². The fraction of sp³-hybridized carbons (Fsp3) is 0.250. The van der Waals surface area contributed by atoms with Crippen molar-refractivity contribution < 1.29 is 9.13 Å². The van der Waals surface area contributed by atoms with Crippen LogP contribution in [-0.2, 0) is 13.2 Å². The van der Waals surface area contributed by atoms with Crippen LogP contribution in [-0.4, -0.2) is 7.05 Å². The number of halogens is 2. The Morgan fingerprint density at radius 1 is 1.15 bits per heavy atom. The third-order valence-electron chi connectivity index (χ3n) is 2.98. The van der Waals surface area contributed by atoms with Crippen molar-refractivity contribution in [2.24, 2.45) is 0 Å². The Morgan fingerprint density at radius 2 is 1.95 bits per heavy atom. The third kappa shape index (κ3) is 3.71. The molecule has 2 aromatic carbocycles. The van der Waals surface area contributed by atoms with Crippen LogP contribution in [0.3, 0.4) is 0 Å². The molecule has 2 aromatic rings. The molecule has 0 atom stereocenters. The molecule has 0 aliphatic rings. The van der Waals surface area contributed by atoms with Crippen LogP contribution in [0.25, 0.3) is 0 Å². The molecule has 4 heteroatoms. The molecular formula is C16H17ClFNO. The summed E-state index contributed by atoms with van der Waals surface area (Å²) in [6.45, 7) is 2.90. The zero-order chi connectivity index (χ0) is 14.5. The average molecular weight is 294 g/mol. The second-order valence-electron chi connectivity index (χ2n) is 4.67. The minimum Gasteiger partial charge on any atom is -0.489 e. The highest BCUT2D eigenvalue weighted by molar-refractivity contribution is 6.31. The first-order valence-electron chi connectivity index (χ1n) is 6.41. The summed E-state index contributed by atoms with van der Waals surface area (Å²) in [7, 11) is 1.81. The van der Waals surface area contributed by atoms with E-state index < -0.39 is 0 Å². The normalized spacial score (nSPS) is 10.6. The molecule has 0 heterocycles. The molecule has 0 unspecified atom stereocenters. The highest BCUT2D eigenvalue weighted by atomic mass is 35.5. The third-order valence-corrected chi connectivity index (χ3v) is 3.33. The molecule has 0 spiro atoms. The number of aryl methyl sites for hydroxylation is 1. The summed E-state index contributed by atoms with van der Waals surface area (Å²) in [5.74, 6) is 0.397. The lowest BCUT2D eigenvalue weighted by Crippen LogP contribution is -2.08. The fourth-order valence-electron chi connectivity index (χ4n) is 1.94. The molecule has 2 rings (SSSR count). The summed E-state index contributed by atoms with van der Waals surface area (Å²) in [4.78, 5) is 0. The largest absolute Gasteiger partial charge is 0.489 e. The van der Waals surface area contributed by atoms with Crippen molar-refractivity contribution in [2.45, 2.75) is 20.1 Å². The number of hydrogen-bond acceptors (Lipinski definition) is 2. The summed E-state index contributed by atoms with van der Waals surface area (Å²) in [6, 6.07) is 10.3. The Kier molecular flexibility index (Phi) is 4.99. The number of ether oxygens (including phenoxy) is 1. The van der Waals surface area contributed by atoms with Gasteiger partial charge in [0.25, 0.3) is 0 Å². The molecule has 0 radical (unpaired) electrons. The fourth-order valence-corrected chi connectivity index (χ4v) is 2.23. The molecule has 106 valence electrons. The Bertz CT molecular complexity index is 601. The molecule has 0 bridgehead atoms. The molecule has 1 N–H and O–H groups in total. The lowest BCUT2D eigenvalue weighted by atomic mass is 10.1. The summed E-state index contributed by atoms with van der Waals surface area (Å²) in [5.41, 5.74) is 2.81. The lowest BCUT2D eigenvalue weighted by Gasteiger charge is -2.12. The second kappa shape index (κ2) is 6.73. The van der Waals surface area contributed by atoms with Gasteiger partial charge in [0.15, 0.2) is 0 Å². The van der Waals surface area contributed by atoms with Gasteiger partial charge in [0.2, 0.25) is 0 Å². The SMILES string of the molecule is CNCc1cc(F)ccc1OCc1ccc(C)cc1Cl. The van der Waals surface area contributed by atoms with E-state index in [0.717, 1.165) is 16.7 Å². The topological polar surface area (TPSA) is 21.3 Å². The zero-order valence-electron chi connectivity index (χ0n) is 11.5. The van der Waals surface area contributed by atoms with Gasteiger partial charge in [0.1, 0.15) is 18.2 Å². The Hall–Kier alpha value is -1.58. The molecule has 0 aliphatic heterocycles. The van der Waals surface area contributed by atoms with E-state index in [2.05, 4.69) is 5.32 Å². The highest BCUT2D eigenvalue weighted by Crippen LogP contribution is 2.23. The van der Waals surface area contributed by atoms with Crippen molar-refractivity contribution in [1.82, 2.24) is 5.32 Å². The van der Waals surface area contributed by atoms with Gasteiger partial charge in [0, 0.05) is 22.7 Å². The lowest BCUT2D eigenvalue weighted by molar-refractivity contribution is 0.302. The standard InChI is InChI=1S/C16H17ClFNO/c1-11-3-4-12(15(17)7-11)10-20-16-6-5-14(18)8-13(16)9-19-2/h3-8,19H,9-10H2,1-2H3. The first-order valence-corrected chi connectivity index (χ1v) is 6.79. The van der Waals surface area contributed by atoms with Crippen molar-refractivity contribution in [3.63, 3.8) is 0 Å². The van der Waals surface area contributed by atoms with E-state index in [0.29, 0.717) is 23.9 Å². The molecule has 0 fully saturated rings. The summed E-state index contributed by atoms with van der Waals surface area (Å²) >= 11 is 6.17. The van der Waals surface area contributed by atoms with E-state index in [1.807, 2.05) is 32.2 Å². The Labute approximate surface area is 123 Å². The number of nitrogens with one attached hydrogen (secondary N) is 1. The van der Waals surface area contributed by atoms with Crippen LogP contribution in [0.4, 0.5) is 4.39 Å². The molecule has 0 saturated carbocycles. The van der Waals surface area contributed by atoms with Crippen LogP contribution < -0.4 is 10.1 Å². The Morgan fingerprint density at radius 3 is 2.65 bits per heavy atom. The monoisotopic (exact) mass is 293 g/mol. The second-order valence-corrected chi connectivity index (χ2v) is 5.07. The number of benzene rings is 2. The highest BCUT2D eigenvalue weighted by Gasteiger charge is 2.07. The predicted molar refractivity (Wildman–Crippen MR) is 79.7 cm³/mol. The molecule has 0 aromatic heterocycles. The van der Waals surface area contributed by atoms with Gasteiger partial charge >= 0.3 is 0 Å². The zero-order valence-corrected chi connectivity index (χ0v) is 12.3. The molecule has 0 amide bonds. The molecule has 2 nitrogen and oxygen atoms in total. The maximum atomic E-state index is 13.2. The first kappa shape index (κ1) is 14.8. The quantitative estimate of drug-likeness (QED) is 0.896. The van der Waals surface area contributed by atoms with E-state index in [1.54, 1.807) is 6.07 Å². The van der Waals surface area contributed by atoms with Crippen LogP contribution in [0.5, 0.6) is 5.75 Å². The van der Waals surface area contributed by atoms with Crippen molar-refractivity contribution >= 4 is 11.6 Å². The van der Waals surface area contributed by atoms with Crippen LogP contribution in [0.2, 0.25) is 5.02 Å². The van der Waals surface area contributed by atoms with Crippen molar-refractivity contribution in [2.75, 3.05) is 7.05 Å². The van der Waals surface area contributed by atoms with E-state index in [-0.39, 0.29) is 5.82 Å². The maximum Gasteiger partial charge on any atom is 0.124 e. The first-order chi connectivity index (χ1) is 9.60. The van der Waals surface area contributed by atoms with Crippen LogP contribution in [0.1, 0.15) is 16.7 Å². The summed E-state index contributed by atoms with van der Waals surface area (Å²) in [5, 5.41) is 3.68. The van der Waals surface area contributed by atoms with E-state index >= 15 is 0 Å². The minimum atomic E-state index is -0.268. The van der Waals surface area contributed by atoms with E-state index in [9.17, 15) is 4.39 Å². The molecule has 0 aliphatic carbocycles. The van der Waals surface area contributed by atoms with Gasteiger partial charge in [-0.05, 0) is 43.8 Å². The van der Waals surface area contributed by atoms with Gasteiger partial charge < -0.3 is 10.1 Å². The smallest absolute Gasteiger partial charge is 0.124 e.